The number of anilines is 1. The fourth-order valence-electron chi connectivity index (χ4n) is 1.42. The summed E-state index contributed by atoms with van der Waals surface area (Å²) in [5, 5.41) is 0. The van der Waals surface area contributed by atoms with Crippen LogP contribution in [0.15, 0.2) is 16.9 Å². The number of nitrogens with two attached hydrogens (primary N) is 1. The van der Waals surface area contributed by atoms with E-state index in [0.717, 1.165) is 0 Å². The van der Waals surface area contributed by atoms with E-state index in [4.69, 9.17) is 5.73 Å². The van der Waals surface area contributed by atoms with Crippen LogP contribution in [0.4, 0.5) is 5.69 Å². The summed E-state index contributed by atoms with van der Waals surface area (Å²) >= 11 is 0. The summed E-state index contributed by atoms with van der Waals surface area (Å²) in [5.74, 6) is -0.467. The first kappa shape index (κ1) is 11.3. The molecule has 1 heterocycles. The zero-order valence-electron chi connectivity index (χ0n) is 8.98. The van der Waals surface area contributed by atoms with E-state index >= 15 is 0 Å². The van der Waals surface area contributed by atoms with Gasteiger partial charge < -0.3 is 10.5 Å². The third-order valence-electron chi connectivity index (χ3n) is 2.28. The molecule has 1 unspecified atom stereocenters. The number of aromatic nitrogens is 1. The summed E-state index contributed by atoms with van der Waals surface area (Å²) in [5.41, 5.74) is 5.91. The number of methoxy groups -OCH3 is 1. The summed E-state index contributed by atoms with van der Waals surface area (Å²) in [6.45, 7) is 3.33. The van der Waals surface area contributed by atoms with Gasteiger partial charge in [-0.15, -0.1) is 0 Å². The van der Waals surface area contributed by atoms with Crippen LogP contribution in [0.3, 0.4) is 0 Å². The first-order chi connectivity index (χ1) is 6.99. The molecule has 0 aromatic carbocycles. The molecule has 1 atom stereocenters. The molecule has 0 spiro atoms. The van der Waals surface area contributed by atoms with Crippen molar-refractivity contribution in [3.05, 3.63) is 28.2 Å². The number of carbonyl (C=O) groups excluding carboxylic acids is 1. The SMILES string of the molecule is COC(=O)C(C)n1c(C)ccc(N)c1=O. The van der Waals surface area contributed by atoms with Crippen molar-refractivity contribution in [2.75, 3.05) is 12.8 Å². The van der Waals surface area contributed by atoms with Gasteiger partial charge >= 0.3 is 5.97 Å². The zero-order valence-corrected chi connectivity index (χ0v) is 8.98. The standard InChI is InChI=1S/C10H14N2O3/c1-6-4-5-8(11)9(13)12(6)7(2)10(14)15-3/h4-5,7H,11H2,1-3H3. The largest absolute Gasteiger partial charge is 0.467 e. The molecule has 2 N–H and O–H groups in total. The summed E-state index contributed by atoms with van der Waals surface area (Å²) in [7, 11) is 1.28. The van der Waals surface area contributed by atoms with E-state index in [0.29, 0.717) is 5.69 Å². The highest BCUT2D eigenvalue weighted by Gasteiger charge is 2.18. The van der Waals surface area contributed by atoms with Gasteiger partial charge in [0, 0.05) is 5.69 Å². The highest BCUT2D eigenvalue weighted by Crippen LogP contribution is 2.09. The number of ether oxygens (including phenoxy) is 1. The average molecular weight is 210 g/mol. The van der Waals surface area contributed by atoms with Crippen LogP contribution in [-0.2, 0) is 9.53 Å². The van der Waals surface area contributed by atoms with Crippen molar-refractivity contribution in [1.29, 1.82) is 0 Å². The van der Waals surface area contributed by atoms with Crippen molar-refractivity contribution < 1.29 is 9.53 Å². The lowest BCUT2D eigenvalue weighted by atomic mass is 10.2. The van der Waals surface area contributed by atoms with Crippen LogP contribution in [0.25, 0.3) is 0 Å². The van der Waals surface area contributed by atoms with Crippen LogP contribution in [0.1, 0.15) is 18.7 Å². The summed E-state index contributed by atoms with van der Waals surface area (Å²) in [4.78, 5) is 23.0. The fourth-order valence-corrected chi connectivity index (χ4v) is 1.42. The molecule has 15 heavy (non-hydrogen) atoms. The Hall–Kier alpha value is -1.78. The maximum absolute atomic E-state index is 11.7. The molecule has 0 amide bonds. The second-order valence-electron chi connectivity index (χ2n) is 3.30. The predicted molar refractivity (Wildman–Crippen MR) is 56.6 cm³/mol. The van der Waals surface area contributed by atoms with Crippen molar-refractivity contribution in [2.45, 2.75) is 19.9 Å². The van der Waals surface area contributed by atoms with Gasteiger partial charge in [-0.3, -0.25) is 9.36 Å². The molecule has 82 valence electrons. The predicted octanol–water partition coefficient (Wildman–Crippen LogP) is 0.473. The minimum absolute atomic E-state index is 0.122. The third-order valence-corrected chi connectivity index (χ3v) is 2.28. The Labute approximate surface area is 87.5 Å². The Morgan fingerprint density at radius 3 is 2.67 bits per heavy atom. The fraction of sp³-hybridized carbons (Fsp3) is 0.400. The van der Waals surface area contributed by atoms with Crippen molar-refractivity contribution in [3.8, 4) is 0 Å². The molecule has 0 aliphatic rings. The van der Waals surface area contributed by atoms with Gasteiger partial charge in [0.15, 0.2) is 0 Å². The maximum atomic E-state index is 11.7. The number of pyridine rings is 1. The normalized spacial score (nSPS) is 12.2. The van der Waals surface area contributed by atoms with Gasteiger partial charge in [-0.2, -0.15) is 0 Å². The highest BCUT2D eigenvalue weighted by atomic mass is 16.5. The number of esters is 1. The smallest absolute Gasteiger partial charge is 0.328 e. The van der Waals surface area contributed by atoms with Crippen LogP contribution < -0.4 is 11.3 Å². The van der Waals surface area contributed by atoms with E-state index < -0.39 is 12.0 Å². The lowest BCUT2D eigenvalue weighted by Crippen LogP contribution is -2.31. The number of hydrogen-bond acceptors (Lipinski definition) is 4. The van der Waals surface area contributed by atoms with E-state index in [2.05, 4.69) is 4.74 Å². The minimum atomic E-state index is -0.661. The summed E-state index contributed by atoms with van der Waals surface area (Å²) < 4.78 is 5.90. The second-order valence-corrected chi connectivity index (χ2v) is 3.30. The van der Waals surface area contributed by atoms with E-state index in [1.54, 1.807) is 19.9 Å². The topological polar surface area (TPSA) is 74.3 Å². The number of aryl methyl sites for hydroxylation is 1. The highest BCUT2D eigenvalue weighted by molar-refractivity contribution is 5.73. The number of nitrogens with zero attached hydrogens (tertiary/aromatic N) is 1. The molecule has 1 aromatic heterocycles. The molecular weight excluding hydrogens is 196 g/mol. The Bertz CT molecular complexity index is 437. The monoisotopic (exact) mass is 210 g/mol. The van der Waals surface area contributed by atoms with Crippen molar-refractivity contribution >= 4 is 11.7 Å². The third kappa shape index (κ3) is 2.01. The Kier molecular flexibility index (Phi) is 3.14. The molecule has 0 radical (unpaired) electrons. The van der Waals surface area contributed by atoms with E-state index in [1.807, 2.05) is 0 Å². The first-order valence-electron chi connectivity index (χ1n) is 4.54. The van der Waals surface area contributed by atoms with E-state index in [-0.39, 0.29) is 11.2 Å². The molecule has 0 aliphatic carbocycles. The summed E-state index contributed by atoms with van der Waals surface area (Å²) in [6, 6.07) is 2.56. The first-order valence-corrected chi connectivity index (χ1v) is 4.54. The van der Waals surface area contributed by atoms with Gasteiger partial charge in [0.2, 0.25) is 0 Å². The molecule has 0 saturated carbocycles. The van der Waals surface area contributed by atoms with Gasteiger partial charge in [-0.05, 0) is 26.0 Å². The van der Waals surface area contributed by atoms with Crippen LogP contribution in [0, 0.1) is 6.92 Å². The number of carbonyl (C=O) groups is 1. The molecule has 0 bridgehead atoms. The van der Waals surface area contributed by atoms with Gasteiger partial charge in [0.05, 0.1) is 12.8 Å². The Morgan fingerprint density at radius 1 is 1.53 bits per heavy atom. The maximum Gasteiger partial charge on any atom is 0.328 e. The van der Waals surface area contributed by atoms with Gasteiger partial charge in [-0.25, -0.2) is 4.79 Å². The van der Waals surface area contributed by atoms with Crippen LogP contribution in [0.5, 0.6) is 0 Å². The van der Waals surface area contributed by atoms with Crippen LogP contribution >= 0.6 is 0 Å². The van der Waals surface area contributed by atoms with Gasteiger partial charge in [-0.1, -0.05) is 0 Å². The average Bonchev–Trinajstić information content (AvgIpc) is 2.22. The lowest BCUT2D eigenvalue weighted by Gasteiger charge is -2.16. The molecule has 1 aromatic rings. The molecule has 5 nitrogen and oxygen atoms in total. The van der Waals surface area contributed by atoms with E-state index in [9.17, 15) is 9.59 Å². The molecule has 0 aliphatic heterocycles. The second kappa shape index (κ2) is 4.16. The zero-order chi connectivity index (χ0) is 11.6. The van der Waals surface area contributed by atoms with Crippen molar-refractivity contribution in [3.63, 3.8) is 0 Å². The van der Waals surface area contributed by atoms with Crippen LogP contribution in [-0.4, -0.2) is 17.6 Å². The molecule has 0 fully saturated rings. The number of rotatable bonds is 2. The quantitative estimate of drug-likeness (QED) is 0.720. The van der Waals surface area contributed by atoms with Crippen LogP contribution in [0.2, 0.25) is 0 Å². The van der Waals surface area contributed by atoms with E-state index in [1.165, 1.54) is 17.7 Å². The van der Waals surface area contributed by atoms with Crippen molar-refractivity contribution in [2.24, 2.45) is 0 Å². The summed E-state index contributed by atoms with van der Waals surface area (Å²) in [6.07, 6.45) is 0. The van der Waals surface area contributed by atoms with Gasteiger partial charge in [0.1, 0.15) is 6.04 Å². The number of nitrogen functional groups attached to an aromatic ring is 1. The Balaban J connectivity index is 3.30. The number of hydrogen-bond donors (Lipinski definition) is 1. The minimum Gasteiger partial charge on any atom is -0.467 e. The Morgan fingerprint density at radius 2 is 2.13 bits per heavy atom. The molecular formula is C10H14N2O3. The molecule has 1 rings (SSSR count). The van der Waals surface area contributed by atoms with Gasteiger partial charge in [0.25, 0.3) is 5.56 Å². The lowest BCUT2D eigenvalue weighted by molar-refractivity contribution is -0.144. The molecule has 5 heteroatoms. The molecule has 0 saturated heterocycles. The van der Waals surface area contributed by atoms with Crippen molar-refractivity contribution in [1.82, 2.24) is 4.57 Å².